The molecule has 1 atom stereocenters. The maximum absolute atomic E-state index is 10.9. The van der Waals surface area contributed by atoms with E-state index in [2.05, 4.69) is 10.6 Å². The van der Waals surface area contributed by atoms with Gasteiger partial charge in [0.25, 0.3) is 0 Å². The number of hydrogen-bond donors (Lipinski definition) is 3. The van der Waals surface area contributed by atoms with E-state index in [4.69, 9.17) is 5.11 Å². The van der Waals surface area contributed by atoms with E-state index in [1.807, 2.05) is 0 Å². The molecule has 2 aliphatic rings. The van der Waals surface area contributed by atoms with E-state index < -0.39 is 11.5 Å². The standard InChI is InChI=1S/C7H10N2O3/c10-5(11)7(4-1-2-4)3-8-6(12)9-7/h4H,1-3H2,(H,10,11)(H2,8,9,12). The topological polar surface area (TPSA) is 78.4 Å². The van der Waals surface area contributed by atoms with Crippen LogP contribution in [0.1, 0.15) is 12.8 Å². The Hall–Kier alpha value is -1.26. The van der Waals surface area contributed by atoms with Gasteiger partial charge in [-0.25, -0.2) is 9.59 Å². The van der Waals surface area contributed by atoms with Gasteiger partial charge in [0.05, 0.1) is 6.54 Å². The highest BCUT2D eigenvalue weighted by Gasteiger charge is 2.55. The molecule has 1 heterocycles. The zero-order valence-corrected chi connectivity index (χ0v) is 6.46. The number of aliphatic carboxylic acids is 1. The predicted octanol–water partition coefficient (Wildman–Crippen LogP) is -0.467. The highest BCUT2D eigenvalue weighted by molar-refractivity contribution is 5.91. The normalized spacial score (nSPS) is 34.2. The van der Waals surface area contributed by atoms with Crippen molar-refractivity contribution in [3.8, 4) is 0 Å². The molecule has 2 fully saturated rings. The molecule has 0 radical (unpaired) electrons. The van der Waals surface area contributed by atoms with Crippen molar-refractivity contribution in [1.29, 1.82) is 0 Å². The van der Waals surface area contributed by atoms with Crippen LogP contribution in [0.2, 0.25) is 0 Å². The van der Waals surface area contributed by atoms with E-state index in [1.54, 1.807) is 0 Å². The van der Waals surface area contributed by atoms with Gasteiger partial charge in [0.15, 0.2) is 5.54 Å². The summed E-state index contributed by atoms with van der Waals surface area (Å²) in [6.45, 7) is 0.214. The van der Waals surface area contributed by atoms with E-state index in [0.717, 1.165) is 12.8 Å². The number of carbonyl (C=O) groups excluding carboxylic acids is 1. The Balaban J connectivity index is 2.22. The second-order valence-corrected chi connectivity index (χ2v) is 3.36. The number of carboxylic acid groups (broad SMARTS) is 1. The van der Waals surface area contributed by atoms with Crippen molar-refractivity contribution in [2.75, 3.05) is 6.54 Å². The molecular formula is C7H10N2O3. The third kappa shape index (κ3) is 0.855. The summed E-state index contributed by atoms with van der Waals surface area (Å²) in [6, 6.07) is -0.371. The van der Waals surface area contributed by atoms with Crippen LogP contribution in [0, 0.1) is 5.92 Å². The summed E-state index contributed by atoms with van der Waals surface area (Å²) in [5, 5.41) is 13.9. The molecule has 0 aromatic rings. The first-order valence-corrected chi connectivity index (χ1v) is 3.94. The Morgan fingerprint density at radius 3 is 2.58 bits per heavy atom. The van der Waals surface area contributed by atoms with Crippen LogP contribution in [0.25, 0.3) is 0 Å². The van der Waals surface area contributed by atoms with Gasteiger partial charge >= 0.3 is 12.0 Å². The molecule has 2 amide bonds. The van der Waals surface area contributed by atoms with Gasteiger partial charge in [0, 0.05) is 0 Å². The van der Waals surface area contributed by atoms with Crippen molar-refractivity contribution in [3.05, 3.63) is 0 Å². The van der Waals surface area contributed by atoms with Crippen molar-refractivity contribution in [2.24, 2.45) is 5.92 Å². The number of rotatable bonds is 2. The van der Waals surface area contributed by atoms with Crippen molar-refractivity contribution in [2.45, 2.75) is 18.4 Å². The fourth-order valence-electron chi connectivity index (χ4n) is 1.64. The summed E-state index contributed by atoms with van der Waals surface area (Å²) in [4.78, 5) is 21.7. The van der Waals surface area contributed by atoms with Gasteiger partial charge in [-0.15, -0.1) is 0 Å². The van der Waals surface area contributed by atoms with Crippen molar-refractivity contribution in [1.82, 2.24) is 10.6 Å². The Kier molecular flexibility index (Phi) is 1.31. The number of carbonyl (C=O) groups is 2. The van der Waals surface area contributed by atoms with Crippen molar-refractivity contribution in [3.63, 3.8) is 0 Å². The summed E-state index contributed by atoms with van der Waals surface area (Å²) >= 11 is 0. The summed E-state index contributed by atoms with van der Waals surface area (Å²) in [6.07, 6.45) is 1.79. The summed E-state index contributed by atoms with van der Waals surface area (Å²) in [5.41, 5.74) is -1.02. The quantitative estimate of drug-likeness (QED) is 0.524. The van der Waals surface area contributed by atoms with Crippen LogP contribution < -0.4 is 10.6 Å². The van der Waals surface area contributed by atoms with Gasteiger partial charge in [0.2, 0.25) is 0 Å². The Morgan fingerprint density at radius 2 is 2.25 bits per heavy atom. The molecule has 5 heteroatoms. The summed E-state index contributed by atoms with van der Waals surface area (Å²) in [5.74, 6) is -0.808. The smallest absolute Gasteiger partial charge is 0.331 e. The van der Waals surface area contributed by atoms with Gasteiger partial charge in [-0.05, 0) is 18.8 Å². The first-order chi connectivity index (χ1) is 5.65. The average Bonchev–Trinajstić information content (AvgIpc) is 2.76. The van der Waals surface area contributed by atoms with E-state index in [-0.39, 0.29) is 18.5 Å². The van der Waals surface area contributed by atoms with Gasteiger partial charge in [-0.1, -0.05) is 0 Å². The summed E-state index contributed by atoms with van der Waals surface area (Å²) < 4.78 is 0. The second kappa shape index (κ2) is 2.12. The van der Waals surface area contributed by atoms with Crippen molar-refractivity contribution < 1.29 is 14.7 Å². The SMILES string of the molecule is O=C1NCC(C(=O)O)(C2CC2)N1. The van der Waals surface area contributed by atoms with E-state index in [0.29, 0.717) is 0 Å². The monoisotopic (exact) mass is 170 g/mol. The number of nitrogens with one attached hydrogen (secondary N) is 2. The Morgan fingerprint density at radius 1 is 1.58 bits per heavy atom. The molecule has 2 rings (SSSR count). The van der Waals surface area contributed by atoms with Crippen molar-refractivity contribution >= 4 is 12.0 Å². The van der Waals surface area contributed by atoms with Crippen LogP contribution in [-0.4, -0.2) is 29.2 Å². The molecule has 0 bridgehead atoms. The molecule has 0 aromatic heterocycles. The Bertz CT molecular complexity index is 249. The lowest BCUT2D eigenvalue weighted by Gasteiger charge is -2.21. The molecule has 1 aliphatic heterocycles. The molecule has 1 unspecified atom stereocenters. The van der Waals surface area contributed by atoms with Crippen LogP contribution in [0.3, 0.4) is 0 Å². The first-order valence-electron chi connectivity index (χ1n) is 3.94. The zero-order chi connectivity index (χ0) is 8.77. The van der Waals surface area contributed by atoms with E-state index >= 15 is 0 Å². The second-order valence-electron chi connectivity index (χ2n) is 3.36. The molecule has 1 saturated heterocycles. The minimum atomic E-state index is -1.02. The first kappa shape index (κ1) is 7.39. The highest BCUT2D eigenvalue weighted by atomic mass is 16.4. The molecule has 3 N–H and O–H groups in total. The average molecular weight is 170 g/mol. The van der Waals surface area contributed by atoms with E-state index in [1.165, 1.54) is 0 Å². The van der Waals surface area contributed by atoms with Gasteiger partial charge < -0.3 is 15.7 Å². The van der Waals surface area contributed by atoms with Gasteiger partial charge in [-0.3, -0.25) is 0 Å². The third-order valence-corrected chi connectivity index (χ3v) is 2.52. The van der Waals surface area contributed by atoms with Crippen LogP contribution in [0.4, 0.5) is 4.79 Å². The number of carboxylic acids is 1. The summed E-state index contributed by atoms with van der Waals surface area (Å²) in [7, 11) is 0. The maximum atomic E-state index is 10.9. The number of hydrogen-bond acceptors (Lipinski definition) is 2. The predicted molar refractivity (Wildman–Crippen MR) is 39.6 cm³/mol. The largest absolute Gasteiger partial charge is 0.479 e. The molecule has 12 heavy (non-hydrogen) atoms. The maximum Gasteiger partial charge on any atom is 0.331 e. The van der Waals surface area contributed by atoms with Crippen LogP contribution in [0.15, 0.2) is 0 Å². The lowest BCUT2D eigenvalue weighted by Crippen LogP contribution is -2.52. The van der Waals surface area contributed by atoms with Crippen LogP contribution in [-0.2, 0) is 4.79 Å². The number of urea groups is 1. The zero-order valence-electron chi connectivity index (χ0n) is 6.46. The fourth-order valence-corrected chi connectivity index (χ4v) is 1.64. The molecule has 0 spiro atoms. The van der Waals surface area contributed by atoms with Crippen LogP contribution >= 0.6 is 0 Å². The molecule has 5 nitrogen and oxygen atoms in total. The Labute approximate surface area is 69.1 Å². The molecule has 0 aromatic carbocycles. The number of amides is 2. The lowest BCUT2D eigenvalue weighted by molar-refractivity contribution is -0.144. The molecular weight excluding hydrogens is 160 g/mol. The lowest BCUT2D eigenvalue weighted by atomic mass is 9.95. The fraction of sp³-hybridized carbons (Fsp3) is 0.714. The highest BCUT2D eigenvalue weighted by Crippen LogP contribution is 2.40. The van der Waals surface area contributed by atoms with Crippen LogP contribution in [0.5, 0.6) is 0 Å². The molecule has 66 valence electrons. The molecule has 1 aliphatic carbocycles. The van der Waals surface area contributed by atoms with Gasteiger partial charge in [-0.2, -0.15) is 0 Å². The molecule has 1 saturated carbocycles. The minimum absolute atomic E-state index is 0.119. The minimum Gasteiger partial charge on any atom is -0.479 e. The van der Waals surface area contributed by atoms with Gasteiger partial charge in [0.1, 0.15) is 0 Å². The third-order valence-electron chi connectivity index (χ3n) is 2.52. The van der Waals surface area contributed by atoms with E-state index in [9.17, 15) is 9.59 Å².